The standard InChI is InChI=1S/C11H11ClFNO3/c1-2-14(6-10(15)16)11(17)8-4-3-7(12)5-9(8)13/h3-5H,2,6H2,1H3,(H,15,16). The van der Waals surface area contributed by atoms with Crippen LogP contribution >= 0.6 is 11.6 Å². The summed E-state index contributed by atoms with van der Waals surface area (Å²) in [7, 11) is 0. The number of rotatable bonds is 4. The zero-order valence-electron chi connectivity index (χ0n) is 9.11. The van der Waals surface area contributed by atoms with Gasteiger partial charge in [0.2, 0.25) is 0 Å². The van der Waals surface area contributed by atoms with Gasteiger partial charge in [0, 0.05) is 11.6 Å². The van der Waals surface area contributed by atoms with Gasteiger partial charge in [-0.15, -0.1) is 0 Å². The summed E-state index contributed by atoms with van der Waals surface area (Å²) < 4.78 is 13.5. The molecule has 0 unspecified atom stereocenters. The summed E-state index contributed by atoms with van der Waals surface area (Å²) in [5.41, 5.74) is -0.183. The molecule has 4 nitrogen and oxygen atoms in total. The summed E-state index contributed by atoms with van der Waals surface area (Å²) in [6.07, 6.45) is 0. The maximum Gasteiger partial charge on any atom is 0.323 e. The number of amides is 1. The van der Waals surface area contributed by atoms with Gasteiger partial charge in [0.1, 0.15) is 12.4 Å². The molecule has 1 N–H and O–H groups in total. The van der Waals surface area contributed by atoms with Crippen molar-refractivity contribution in [3.8, 4) is 0 Å². The van der Waals surface area contributed by atoms with Gasteiger partial charge in [-0.05, 0) is 25.1 Å². The number of hydrogen-bond donors (Lipinski definition) is 1. The predicted molar refractivity (Wildman–Crippen MR) is 60.6 cm³/mol. The Balaban J connectivity index is 2.97. The Labute approximate surface area is 103 Å². The fraction of sp³-hybridized carbons (Fsp3) is 0.273. The number of nitrogens with zero attached hydrogens (tertiary/aromatic N) is 1. The fourth-order valence-electron chi connectivity index (χ4n) is 1.32. The molecule has 0 spiro atoms. The highest BCUT2D eigenvalue weighted by Gasteiger charge is 2.20. The molecule has 17 heavy (non-hydrogen) atoms. The SMILES string of the molecule is CCN(CC(=O)O)C(=O)c1ccc(Cl)cc1F. The average Bonchev–Trinajstić information content (AvgIpc) is 2.24. The molecule has 0 atom stereocenters. The molecule has 0 radical (unpaired) electrons. The molecule has 0 saturated heterocycles. The summed E-state index contributed by atoms with van der Waals surface area (Å²) >= 11 is 5.56. The van der Waals surface area contributed by atoms with Crippen LogP contribution < -0.4 is 0 Å². The number of aliphatic carboxylic acids is 1. The Kier molecular flexibility index (Phi) is 4.45. The first kappa shape index (κ1) is 13.4. The highest BCUT2D eigenvalue weighted by Crippen LogP contribution is 2.16. The minimum absolute atomic E-state index is 0.181. The third-order valence-electron chi connectivity index (χ3n) is 2.16. The molecule has 0 aliphatic carbocycles. The zero-order valence-corrected chi connectivity index (χ0v) is 9.87. The summed E-state index contributed by atoms with van der Waals surface area (Å²) in [4.78, 5) is 23.4. The van der Waals surface area contributed by atoms with Crippen molar-refractivity contribution >= 4 is 23.5 Å². The van der Waals surface area contributed by atoms with Gasteiger partial charge >= 0.3 is 5.97 Å². The van der Waals surface area contributed by atoms with Crippen molar-refractivity contribution in [1.82, 2.24) is 4.90 Å². The van der Waals surface area contributed by atoms with Gasteiger partial charge in [0.05, 0.1) is 5.56 Å². The van der Waals surface area contributed by atoms with Crippen molar-refractivity contribution in [3.05, 3.63) is 34.6 Å². The number of carboxylic acid groups (broad SMARTS) is 1. The second-order valence-corrected chi connectivity index (χ2v) is 3.77. The van der Waals surface area contributed by atoms with E-state index in [9.17, 15) is 14.0 Å². The van der Waals surface area contributed by atoms with Gasteiger partial charge in [-0.3, -0.25) is 9.59 Å². The highest BCUT2D eigenvalue weighted by molar-refractivity contribution is 6.30. The van der Waals surface area contributed by atoms with E-state index < -0.39 is 24.2 Å². The molecule has 0 saturated carbocycles. The maximum absolute atomic E-state index is 13.5. The average molecular weight is 260 g/mol. The van der Waals surface area contributed by atoms with Crippen LogP contribution in [0.3, 0.4) is 0 Å². The van der Waals surface area contributed by atoms with Gasteiger partial charge < -0.3 is 10.0 Å². The van der Waals surface area contributed by atoms with Crippen molar-refractivity contribution < 1.29 is 19.1 Å². The molecule has 92 valence electrons. The minimum Gasteiger partial charge on any atom is -0.480 e. The topological polar surface area (TPSA) is 57.6 Å². The fourth-order valence-corrected chi connectivity index (χ4v) is 1.48. The van der Waals surface area contributed by atoms with E-state index in [1.807, 2.05) is 0 Å². The predicted octanol–water partition coefficient (Wildman–Crippen LogP) is 2.03. The first-order valence-corrected chi connectivity index (χ1v) is 5.29. The van der Waals surface area contributed by atoms with Crippen LogP contribution in [0.25, 0.3) is 0 Å². The zero-order chi connectivity index (χ0) is 13.0. The lowest BCUT2D eigenvalue weighted by atomic mass is 10.2. The smallest absolute Gasteiger partial charge is 0.323 e. The third kappa shape index (κ3) is 3.42. The lowest BCUT2D eigenvalue weighted by Gasteiger charge is -2.18. The van der Waals surface area contributed by atoms with Crippen molar-refractivity contribution in [3.63, 3.8) is 0 Å². The summed E-state index contributed by atoms with van der Waals surface area (Å²) in [6, 6.07) is 3.64. The summed E-state index contributed by atoms with van der Waals surface area (Å²) in [6.45, 7) is 1.35. The van der Waals surface area contributed by atoms with E-state index in [1.54, 1.807) is 6.92 Å². The van der Waals surface area contributed by atoms with Gasteiger partial charge in [-0.2, -0.15) is 0 Å². The number of carboxylic acids is 1. The second kappa shape index (κ2) is 5.63. The van der Waals surface area contributed by atoms with E-state index in [0.717, 1.165) is 11.0 Å². The van der Waals surface area contributed by atoms with Crippen LogP contribution in [-0.2, 0) is 4.79 Å². The normalized spacial score (nSPS) is 10.1. The summed E-state index contributed by atoms with van der Waals surface area (Å²) in [5.74, 6) is -2.56. The molecule has 1 rings (SSSR count). The summed E-state index contributed by atoms with van der Waals surface area (Å²) in [5, 5.41) is 8.80. The molecule has 0 aliphatic rings. The van der Waals surface area contributed by atoms with Crippen LogP contribution in [0.1, 0.15) is 17.3 Å². The molecule has 1 aromatic rings. The molecule has 0 aromatic heterocycles. The Morgan fingerprint density at radius 3 is 2.59 bits per heavy atom. The Bertz CT molecular complexity index is 450. The van der Waals surface area contributed by atoms with Crippen molar-refractivity contribution in [2.24, 2.45) is 0 Å². The number of carbonyl (C=O) groups excluding carboxylic acids is 1. The molecule has 1 amide bonds. The Morgan fingerprint density at radius 2 is 2.12 bits per heavy atom. The van der Waals surface area contributed by atoms with Crippen molar-refractivity contribution in [2.45, 2.75) is 6.92 Å². The lowest BCUT2D eigenvalue weighted by molar-refractivity contribution is -0.137. The maximum atomic E-state index is 13.5. The van der Waals surface area contributed by atoms with Crippen molar-refractivity contribution in [1.29, 1.82) is 0 Å². The molecular formula is C11H11ClFNO3. The largest absolute Gasteiger partial charge is 0.480 e. The van der Waals surface area contributed by atoms with E-state index in [2.05, 4.69) is 0 Å². The van der Waals surface area contributed by atoms with E-state index in [1.165, 1.54) is 12.1 Å². The minimum atomic E-state index is -1.14. The molecule has 0 heterocycles. The van der Waals surface area contributed by atoms with Gasteiger partial charge in [0.25, 0.3) is 5.91 Å². The molecule has 0 aliphatic heterocycles. The van der Waals surface area contributed by atoms with Crippen LogP contribution in [-0.4, -0.2) is 35.0 Å². The second-order valence-electron chi connectivity index (χ2n) is 3.34. The molecule has 0 fully saturated rings. The molecule has 1 aromatic carbocycles. The quantitative estimate of drug-likeness (QED) is 0.900. The van der Waals surface area contributed by atoms with Gasteiger partial charge in [-0.1, -0.05) is 11.6 Å². The van der Waals surface area contributed by atoms with E-state index >= 15 is 0 Å². The molecular weight excluding hydrogens is 249 g/mol. The first-order valence-electron chi connectivity index (χ1n) is 4.91. The third-order valence-corrected chi connectivity index (χ3v) is 2.39. The Morgan fingerprint density at radius 1 is 1.47 bits per heavy atom. The number of benzene rings is 1. The van der Waals surface area contributed by atoms with Crippen LogP contribution in [0.2, 0.25) is 5.02 Å². The number of halogens is 2. The van der Waals surface area contributed by atoms with Crippen LogP contribution in [0.15, 0.2) is 18.2 Å². The van der Waals surface area contributed by atoms with Crippen molar-refractivity contribution in [2.75, 3.05) is 13.1 Å². The van der Waals surface area contributed by atoms with E-state index in [0.29, 0.717) is 0 Å². The van der Waals surface area contributed by atoms with Gasteiger partial charge in [-0.25, -0.2) is 4.39 Å². The number of likely N-dealkylation sites (N-methyl/N-ethyl adjacent to an activating group) is 1. The van der Waals surface area contributed by atoms with Crippen LogP contribution in [0, 0.1) is 5.82 Å². The van der Waals surface area contributed by atoms with Gasteiger partial charge in [0.15, 0.2) is 0 Å². The molecule has 6 heteroatoms. The van der Waals surface area contributed by atoms with Crippen LogP contribution in [0.4, 0.5) is 4.39 Å². The Hall–Kier alpha value is -1.62. The molecule has 0 bridgehead atoms. The monoisotopic (exact) mass is 259 g/mol. The first-order chi connectivity index (χ1) is 7.95. The lowest BCUT2D eigenvalue weighted by Crippen LogP contribution is -2.35. The number of hydrogen-bond acceptors (Lipinski definition) is 2. The van der Waals surface area contributed by atoms with E-state index in [-0.39, 0.29) is 17.1 Å². The number of carbonyl (C=O) groups is 2. The van der Waals surface area contributed by atoms with E-state index in [4.69, 9.17) is 16.7 Å². The van der Waals surface area contributed by atoms with Crippen LogP contribution in [0.5, 0.6) is 0 Å². The highest BCUT2D eigenvalue weighted by atomic mass is 35.5.